The van der Waals surface area contributed by atoms with Crippen molar-refractivity contribution in [3.8, 4) is 0 Å². The Morgan fingerprint density at radius 2 is 2.04 bits per heavy atom. The normalized spacial score (nSPS) is 24.7. The van der Waals surface area contributed by atoms with E-state index in [9.17, 15) is 9.59 Å². The molecule has 0 aliphatic carbocycles. The van der Waals surface area contributed by atoms with Crippen LogP contribution in [0.4, 0.5) is 4.79 Å². The van der Waals surface area contributed by atoms with Crippen LogP contribution in [0.3, 0.4) is 0 Å². The van der Waals surface area contributed by atoms with E-state index in [0.717, 1.165) is 31.4 Å². The molecule has 25 heavy (non-hydrogen) atoms. The zero-order valence-electron chi connectivity index (χ0n) is 15.1. The second kappa shape index (κ2) is 11.6. The van der Waals surface area contributed by atoms with Gasteiger partial charge in [-0.2, -0.15) is 11.8 Å². The third-order valence-corrected chi connectivity index (χ3v) is 5.95. The van der Waals surface area contributed by atoms with E-state index in [1.807, 2.05) is 18.7 Å². The number of carbonyl (C=O) groups is 2. The number of amides is 3. The highest BCUT2D eigenvalue weighted by atomic mass is 32.2. The summed E-state index contributed by atoms with van der Waals surface area (Å²) in [5.74, 6) is 1.10. The number of unbranched alkanes of at least 4 members (excludes halogenated alkanes) is 1. The smallest absolute Gasteiger partial charge is 0.315 e. The first-order valence-electron chi connectivity index (χ1n) is 9.31. The summed E-state index contributed by atoms with van der Waals surface area (Å²) in [5, 5.41) is 9.36. The molecule has 0 saturated carbocycles. The van der Waals surface area contributed by atoms with Gasteiger partial charge in [-0.25, -0.2) is 4.79 Å². The third-order valence-electron chi connectivity index (χ3n) is 4.44. The summed E-state index contributed by atoms with van der Waals surface area (Å²) in [6, 6.07) is 0.497. The summed E-state index contributed by atoms with van der Waals surface area (Å²) in [7, 11) is 0. The molecule has 0 aromatic carbocycles. The lowest BCUT2D eigenvalue weighted by atomic mass is 10.0. The number of rotatable bonds is 13. The van der Waals surface area contributed by atoms with Crippen molar-refractivity contribution in [3.05, 3.63) is 0 Å². The topological polar surface area (TPSA) is 88.7 Å². The van der Waals surface area contributed by atoms with Crippen LogP contribution in [0.15, 0.2) is 0 Å². The van der Waals surface area contributed by atoms with E-state index in [1.54, 1.807) is 0 Å². The lowest BCUT2D eigenvalue weighted by Gasteiger charge is -2.16. The Labute approximate surface area is 154 Å². The molecule has 0 bridgehead atoms. The minimum Gasteiger partial charge on any atom is -0.379 e. The molecule has 2 aliphatic rings. The van der Waals surface area contributed by atoms with E-state index >= 15 is 0 Å². The number of nitrogens with one attached hydrogen (secondary N) is 3. The average Bonchev–Trinajstić information content (AvgIpc) is 3.13. The molecule has 2 aliphatic heterocycles. The molecule has 1 unspecified atom stereocenters. The molecule has 0 aromatic heterocycles. The van der Waals surface area contributed by atoms with Gasteiger partial charge in [0.15, 0.2) is 0 Å². The van der Waals surface area contributed by atoms with Gasteiger partial charge < -0.3 is 25.4 Å². The molecule has 2 rings (SSSR count). The first kappa shape index (κ1) is 20.3. The first-order chi connectivity index (χ1) is 12.2. The van der Waals surface area contributed by atoms with E-state index in [1.165, 1.54) is 0 Å². The summed E-state index contributed by atoms with van der Waals surface area (Å²) < 4.78 is 10.6. The van der Waals surface area contributed by atoms with Crippen LogP contribution in [0.5, 0.6) is 0 Å². The molecule has 2 fully saturated rings. The first-order valence-corrected chi connectivity index (χ1v) is 10.4. The highest BCUT2D eigenvalue weighted by Gasteiger charge is 2.42. The highest BCUT2D eigenvalue weighted by Crippen LogP contribution is 2.33. The van der Waals surface area contributed by atoms with E-state index in [2.05, 4.69) is 16.0 Å². The van der Waals surface area contributed by atoms with Gasteiger partial charge >= 0.3 is 6.03 Å². The van der Waals surface area contributed by atoms with Crippen molar-refractivity contribution in [2.75, 3.05) is 38.7 Å². The van der Waals surface area contributed by atoms with Gasteiger partial charge in [-0.15, -0.1) is 0 Å². The Morgan fingerprint density at radius 3 is 2.88 bits per heavy atom. The largest absolute Gasteiger partial charge is 0.379 e. The molecule has 2 saturated heterocycles. The molecular weight excluding hydrogens is 342 g/mol. The van der Waals surface area contributed by atoms with Gasteiger partial charge in [0.05, 0.1) is 25.3 Å². The Balaban J connectivity index is 1.41. The van der Waals surface area contributed by atoms with Crippen LogP contribution in [0.1, 0.15) is 39.0 Å². The Kier molecular flexibility index (Phi) is 9.42. The molecule has 3 atom stereocenters. The van der Waals surface area contributed by atoms with Gasteiger partial charge in [-0.05, 0) is 26.2 Å². The molecule has 144 valence electrons. The summed E-state index contributed by atoms with van der Waals surface area (Å²) in [4.78, 5) is 23.1. The number of carbonyl (C=O) groups excluding carboxylic acids is 2. The summed E-state index contributed by atoms with van der Waals surface area (Å²) in [6.07, 6.45) is 4.36. The lowest BCUT2D eigenvalue weighted by Crippen LogP contribution is -2.36. The minimum atomic E-state index is -0.0402. The third kappa shape index (κ3) is 7.42. The molecule has 0 radical (unpaired) electrons. The Hall–Kier alpha value is -0.990. The number of fused-ring (bicyclic) bond motifs is 1. The van der Waals surface area contributed by atoms with E-state index in [-0.39, 0.29) is 24.0 Å². The zero-order chi connectivity index (χ0) is 17.9. The van der Waals surface area contributed by atoms with Gasteiger partial charge in [0.2, 0.25) is 5.91 Å². The van der Waals surface area contributed by atoms with Gasteiger partial charge in [-0.1, -0.05) is 6.42 Å². The fraction of sp³-hybridized carbons (Fsp3) is 0.882. The van der Waals surface area contributed by atoms with Crippen molar-refractivity contribution in [2.45, 2.75) is 56.4 Å². The van der Waals surface area contributed by atoms with Gasteiger partial charge in [0.1, 0.15) is 0 Å². The summed E-state index contributed by atoms with van der Waals surface area (Å²) in [6.45, 7) is 5.22. The molecule has 2 heterocycles. The van der Waals surface area contributed by atoms with E-state index < -0.39 is 0 Å². The second-order valence-corrected chi connectivity index (χ2v) is 7.65. The maximum absolute atomic E-state index is 11.8. The van der Waals surface area contributed by atoms with Crippen LogP contribution in [0.2, 0.25) is 0 Å². The number of urea groups is 1. The van der Waals surface area contributed by atoms with E-state index in [4.69, 9.17) is 9.47 Å². The van der Waals surface area contributed by atoms with Crippen LogP contribution < -0.4 is 16.0 Å². The predicted octanol–water partition coefficient (Wildman–Crippen LogP) is 1.27. The Morgan fingerprint density at radius 1 is 1.20 bits per heavy atom. The van der Waals surface area contributed by atoms with Crippen molar-refractivity contribution < 1.29 is 19.1 Å². The second-order valence-electron chi connectivity index (χ2n) is 6.38. The molecule has 3 amide bonds. The van der Waals surface area contributed by atoms with Crippen LogP contribution in [-0.4, -0.2) is 68.0 Å². The molecule has 0 spiro atoms. The van der Waals surface area contributed by atoms with Gasteiger partial charge in [0.25, 0.3) is 0 Å². The van der Waals surface area contributed by atoms with Crippen LogP contribution in [-0.2, 0) is 14.3 Å². The van der Waals surface area contributed by atoms with Crippen molar-refractivity contribution in [1.29, 1.82) is 0 Å². The monoisotopic (exact) mass is 373 g/mol. The molecule has 0 aromatic rings. The van der Waals surface area contributed by atoms with Gasteiger partial charge in [0, 0.05) is 37.2 Å². The number of hydrogen-bond donors (Lipinski definition) is 3. The van der Waals surface area contributed by atoms with Crippen molar-refractivity contribution in [1.82, 2.24) is 16.0 Å². The predicted molar refractivity (Wildman–Crippen MR) is 98.9 cm³/mol. The number of hydrogen-bond acceptors (Lipinski definition) is 5. The maximum atomic E-state index is 11.8. The SMILES string of the molecule is CCOCCOCCCNC(=O)CCCCC1SC[C@@H]2NC(=O)N[C@H]12. The maximum Gasteiger partial charge on any atom is 0.315 e. The Bertz CT molecular complexity index is 425. The standard InChI is InChI=1S/C17H31N3O4S/c1-2-23-10-11-24-9-5-8-18-15(21)7-4-3-6-14-16-13(12-25-14)19-17(22)20-16/h13-14,16H,2-12H2,1H3,(H,18,21)(H2,19,20,22)/t13-,14?,16-/m0/s1. The summed E-state index contributed by atoms with van der Waals surface area (Å²) in [5.41, 5.74) is 0. The summed E-state index contributed by atoms with van der Waals surface area (Å²) >= 11 is 1.92. The van der Waals surface area contributed by atoms with Crippen LogP contribution in [0.25, 0.3) is 0 Å². The van der Waals surface area contributed by atoms with Crippen molar-refractivity contribution in [3.63, 3.8) is 0 Å². The number of thioether (sulfide) groups is 1. The molecule has 8 heteroatoms. The lowest BCUT2D eigenvalue weighted by molar-refractivity contribution is -0.121. The molecule has 7 nitrogen and oxygen atoms in total. The fourth-order valence-corrected chi connectivity index (χ4v) is 4.67. The highest BCUT2D eigenvalue weighted by molar-refractivity contribution is 8.00. The van der Waals surface area contributed by atoms with Crippen molar-refractivity contribution in [2.24, 2.45) is 0 Å². The molecular formula is C17H31N3O4S. The minimum absolute atomic E-state index is 0.0402. The molecule has 3 N–H and O–H groups in total. The number of ether oxygens (including phenoxy) is 2. The fourth-order valence-electron chi connectivity index (χ4n) is 3.13. The van der Waals surface area contributed by atoms with Crippen molar-refractivity contribution >= 4 is 23.7 Å². The van der Waals surface area contributed by atoms with Crippen LogP contribution in [0, 0.1) is 0 Å². The van der Waals surface area contributed by atoms with Crippen LogP contribution >= 0.6 is 11.8 Å². The van der Waals surface area contributed by atoms with Gasteiger partial charge in [-0.3, -0.25) is 4.79 Å². The quantitative estimate of drug-likeness (QED) is 0.334. The van der Waals surface area contributed by atoms with E-state index in [0.29, 0.717) is 44.6 Å². The zero-order valence-corrected chi connectivity index (χ0v) is 15.9. The average molecular weight is 374 g/mol.